The highest BCUT2D eigenvalue weighted by Crippen LogP contribution is 2.36. The van der Waals surface area contributed by atoms with E-state index >= 15 is 0 Å². The third-order valence-electron chi connectivity index (χ3n) is 7.12. The highest BCUT2D eigenvalue weighted by molar-refractivity contribution is 6.12. The number of carbonyl (C=O) groups excluding carboxylic acids is 1. The second-order valence-electron chi connectivity index (χ2n) is 10.2. The molecule has 2 aromatic carbocycles. The first-order valence-electron chi connectivity index (χ1n) is 12.2. The van der Waals surface area contributed by atoms with Crippen molar-refractivity contribution in [1.82, 2.24) is 20.2 Å². The van der Waals surface area contributed by atoms with E-state index in [4.69, 9.17) is 0 Å². The first kappa shape index (κ1) is 22.1. The molecular formula is C30H25N5O. The Morgan fingerprint density at radius 3 is 2.56 bits per heavy atom. The highest BCUT2D eigenvalue weighted by atomic mass is 16.1. The van der Waals surface area contributed by atoms with Gasteiger partial charge in [-0.2, -0.15) is 10.4 Å². The molecule has 5 aromatic rings. The molecule has 1 aliphatic rings. The average molecular weight is 472 g/mol. The van der Waals surface area contributed by atoms with Crippen molar-refractivity contribution in [1.29, 1.82) is 5.26 Å². The van der Waals surface area contributed by atoms with Crippen LogP contribution in [0.25, 0.3) is 44.2 Å². The summed E-state index contributed by atoms with van der Waals surface area (Å²) in [5.41, 5.74) is 6.47. The fraction of sp³-hybridized carbons (Fsp3) is 0.233. The lowest BCUT2D eigenvalue weighted by Crippen LogP contribution is -2.13. The number of H-pyrrole nitrogens is 1. The van der Waals surface area contributed by atoms with Gasteiger partial charge in [-0.3, -0.25) is 19.9 Å². The summed E-state index contributed by atoms with van der Waals surface area (Å²) in [4.78, 5) is 21.6. The number of pyridine rings is 2. The van der Waals surface area contributed by atoms with Crippen molar-refractivity contribution in [2.75, 3.05) is 0 Å². The summed E-state index contributed by atoms with van der Waals surface area (Å²) < 4.78 is 0. The van der Waals surface area contributed by atoms with Gasteiger partial charge >= 0.3 is 0 Å². The van der Waals surface area contributed by atoms with E-state index in [1.807, 2.05) is 56.3 Å². The minimum absolute atomic E-state index is 0.164. The van der Waals surface area contributed by atoms with Gasteiger partial charge in [-0.15, -0.1) is 0 Å². The molecule has 0 spiro atoms. The van der Waals surface area contributed by atoms with Crippen LogP contribution in [0.5, 0.6) is 0 Å². The summed E-state index contributed by atoms with van der Waals surface area (Å²) in [5, 5.41) is 19.2. The number of Topliss-reactive ketones (excluding diaryl/α,β-unsaturated/α-hetero) is 1. The van der Waals surface area contributed by atoms with Crippen molar-refractivity contribution in [3.05, 3.63) is 78.2 Å². The number of hydrogen-bond donors (Lipinski definition) is 1. The van der Waals surface area contributed by atoms with Crippen LogP contribution in [0.1, 0.15) is 49.0 Å². The van der Waals surface area contributed by atoms with E-state index in [2.05, 4.69) is 32.3 Å². The number of benzene rings is 2. The van der Waals surface area contributed by atoms with Crippen LogP contribution < -0.4 is 0 Å². The second-order valence-corrected chi connectivity index (χ2v) is 10.2. The highest BCUT2D eigenvalue weighted by Gasteiger charge is 2.25. The molecule has 6 nitrogen and oxygen atoms in total. The molecule has 0 saturated heterocycles. The number of ketones is 1. The summed E-state index contributed by atoms with van der Waals surface area (Å²) in [7, 11) is 0. The number of nitrogens with one attached hydrogen (secondary N) is 1. The third kappa shape index (κ3) is 3.93. The van der Waals surface area contributed by atoms with Crippen molar-refractivity contribution in [2.45, 2.75) is 38.5 Å². The van der Waals surface area contributed by atoms with Crippen molar-refractivity contribution < 1.29 is 4.79 Å². The predicted molar refractivity (Wildman–Crippen MR) is 140 cm³/mol. The van der Waals surface area contributed by atoms with Crippen LogP contribution >= 0.6 is 0 Å². The lowest BCUT2D eigenvalue weighted by molar-refractivity contribution is 0.0975. The zero-order valence-electron chi connectivity index (χ0n) is 20.2. The molecule has 1 N–H and O–H groups in total. The Hall–Kier alpha value is -4.37. The predicted octanol–water partition coefficient (Wildman–Crippen LogP) is 6.62. The maximum Gasteiger partial charge on any atom is 0.164 e. The van der Waals surface area contributed by atoms with Gasteiger partial charge in [0.25, 0.3) is 0 Å². The number of nitrogens with zero attached hydrogens (tertiary/aromatic N) is 4. The molecule has 6 heteroatoms. The Labute approximate surface area is 209 Å². The Morgan fingerprint density at radius 2 is 1.81 bits per heavy atom. The van der Waals surface area contributed by atoms with Gasteiger partial charge in [0.05, 0.1) is 28.7 Å². The Morgan fingerprint density at radius 1 is 1.03 bits per heavy atom. The molecule has 0 atom stereocenters. The first-order valence-corrected chi connectivity index (χ1v) is 12.2. The average Bonchev–Trinajstić information content (AvgIpc) is 3.62. The van der Waals surface area contributed by atoms with Crippen LogP contribution in [0.3, 0.4) is 0 Å². The molecule has 176 valence electrons. The summed E-state index contributed by atoms with van der Waals surface area (Å²) >= 11 is 0. The van der Waals surface area contributed by atoms with E-state index in [1.165, 1.54) is 0 Å². The van der Waals surface area contributed by atoms with Gasteiger partial charge in [0.1, 0.15) is 5.69 Å². The van der Waals surface area contributed by atoms with E-state index < -0.39 is 5.41 Å². The lowest BCUT2D eigenvalue weighted by atomic mass is 9.86. The molecule has 3 aromatic heterocycles. The topological polar surface area (TPSA) is 95.3 Å². The molecule has 1 saturated carbocycles. The van der Waals surface area contributed by atoms with E-state index in [1.54, 1.807) is 18.6 Å². The number of rotatable bonds is 6. The lowest BCUT2D eigenvalue weighted by Gasteiger charge is -2.15. The molecule has 0 amide bonds. The molecule has 6 rings (SSSR count). The number of aromatic amines is 1. The van der Waals surface area contributed by atoms with Gasteiger partial charge < -0.3 is 0 Å². The molecule has 0 bridgehead atoms. The van der Waals surface area contributed by atoms with E-state index in [0.29, 0.717) is 17.9 Å². The second kappa shape index (κ2) is 8.39. The van der Waals surface area contributed by atoms with Gasteiger partial charge in [-0.05, 0) is 61.9 Å². The molecule has 0 aliphatic heterocycles. The Bertz CT molecular complexity index is 1670. The number of aromatic nitrogens is 4. The third-order valence-corrected chi connectivity index (χ3v) is 7.12. The number of carbonyl (C=O) groups is 1. The first-order chi connectivity index (χ1) is 17.4. The van der Waals surface area contributed by atoms with Crippen molar-refractivity contribution in [2.24, 2.45) is 5.92 Å². The zero-order chi connectivity index (χ0) is 24.9. The zero-order valence-corrected chi connectivity index (χ0v) is 20.2. The van der Waals surface area contributed by atoms with Crippen LogP contribution in [-0.2, 0) is 5.41 Å². The number of nitriles is 1. The molecule has 36 heavy (non-hydrogen) atoms. The number of hydrogen-bond acceptors (Lipinski definition) is 5. The van der Waals surface area contributed by atoms with Gasteiger partial charge in [-0.1, -0.05) is 30.3 Å². The minimum Gasteiger partial charge on any atom is -0.294 e. The fourth-order valence-corrected chi connectivity index (χ4v) is 4.65. The SMILES string of the molecule is CC(C)(C#N)c1ccc(-c2n[nH]c3cnc4ccc(-c5cncc(C(=O)CC6CC6)c5)cc4c23)cc1. The summed E-state index contributed by atoms with van der Waals surface area (Å²) in [6, 6.07) is 18.4. The van der Waals surface area contributed by atoms with Gasteiger partial charge in [-0.25, -0.2) is 0 Å². The maximum atomic E-state index is 12.7. The largest absolute Gasteiger partial charge is 0.294 e. The normalized spacial score (nSPS) is 13.7. The smallest absolute Gasteiger partial charge is 0.164 e. The van der Waals surface area contributed by atoms with E-state index in [0.717, 1.165) is 62.6 Å². The minimum atomic E-state index is -0.555. The Kier molecular flexibility index (Phi) is 5.15. The van der Waals surface area contributed by atoms with Crippen LogP contribution in [0.2, 0.25) is 0 Å². The summed E-state index contributed by atoms with van der Waals surface area (Å²) in [5.74, 6) is 0.706. The van der Waals surface area contributed by atoms with Gasteiger partial charge in [0.2, 0.25) is 0 Å². The fourth-order valence-electron chi connectivity index (χ4n) is 4.65. The maximum absolute atomic E-state index is 12.7. The number of fused-ring (bicyclic) bond motifs is 3. The van der Waals surface area contributed by atoms with Crippen LogP contribution in [0.4, 0.5) is 0 Å². The Balaban J connectivity index is 1.44. The molecular weight excluding hydrogens is 446 g/mol. The molecule has 0 radical (unpaired) electrons. The van der Waals surface area contributed by atoms with Gasteiger partial charge in [0, 0.05) is 46.3 Å². The van der Waals surface area contributed by atoms with Gasteiger partial charge in [0.15, 0.2) is 5.78 Å². The van der Waals surface area contributed by atoms with Crippen LogP contribution in [-0.4, -0.2) is 25.9 Å². The van der Waals surface area contributed by atoms with Crippen molar-refractivity contribution in [3.8, 4) is 28.5 Å². The summed E-state index contributed by atoms with van der Waals surface area (Å²) in [6.07, 6.45) is 8.18. The quantitative estimate of drug-likeness (QED) is 0.281. The molecule has 1 fully saturated rings. The van der Waals surface area contributed by atoms with Crippen LogP contribution in [0, 0.1) is 17.2 Å². The van der Waals surface area contributed by atoms with E-state index in [-0.39, 0.29) is 5.78 Å². The standard InChI is InChI=1S/C30H25N5O/c1-30(2,17-31)23-8-5-19(6-9-23)29-28-24-13-20(7-10-25(24)33-16-26(28)34-35-29)21-12-22(15-32-14-21)27(36)11-18-3-4-18/h5-10,12-16,18H,3-4,11H2,1-2H3,(H,34,35). The van der Waals surface area contributed by atoms with Crippen molar-refractivity contribution in [3.63, 3.8) is 0 Å². The van der Waals surface area contributed by atoms with Crippen LogP contribution in [0.15, 0.2) is 67.1 Å². The molecule has 1 aliphatic carbocycles. The summed E-state index contributed by atoms with van der Waals surface area (Å²) in [6.45, 7) is 3.83. The molecule has 0 unspecified atom stereocenters. The van der Waals surface area contributed by atoms with E-state index in [9.17, 15) is 10.1 Å². The van der Waals surface area contributed by atoms with Crippen molar-refractivity contribution >= 4 is 27.6 Å². The molecule has 3 heterocycles. The monoisotopic (exact) mass is 471 g/mol.